The lowest BCUT2D eigenvalue weighted by molar-refractivity contribution is 0.606. The molecule has 0 spiro atoms. The highest BCUT2D eigenvalue weighted by atomic mass is 35.5. The van der Waals surface area contributed by atoms with Crippen molar-refractivity contribution in [1.82, 2.24) is 25.5 Å². The number of hydrogen-bond donors (Lipinski definition) is 3. The molecule has 0 unspecified atom stereocenters. The van der Waals surface area contributed by atoms with Crippen LogP contribution in [0.1, 0.15) is 30.4 Å². The lowest BCUT2D eigenvalue weighted by Crippen LogP contribution is -2.20. The summed E-state index contributed by atoms with van der Waals surface area (Å²) < 4.78 is 0.673. The first-order chi connectivity index (χ1) is 10.2. The third kappa shape index (κ3) is 3.14. The minimum atomic E-state index is -0.0545. The van der Waals surface area contributed by atoms with Crippen molar-refractivity contribution in [3.05, 3.63) is 34.1 Å². The molecule has 3 N–H and O–H groups in total. The molecule has 6 nitrogen and oxygen atoms in total. The van der Waals surface area contributed by atoms with Gasteiger partial charge in [0.1, 0.15) is 10.5 Å². The van der Waals surface area contributed by atoms with Crippen LogP contribution in [0.3, 0.4) is 0 Å². The van der Waals surface area contributed by atoms with Gasteiger partial charge in [-0.15, -0.1) is 36.2 Å². The van der Waals surface area contributed by atoms with Gasteiger partial charge in [-0.05, 0) is 32.4 Å². The molecule has 0 amide bonds. The Bertz CT molecular complexity index is 866. The number of nitrogens with one attached hydrogen (secondary N) is 3. The maximum absolute atomic E-state index is 12.3. The normalized spacial score (nSPS) is 17.0. The molecule has 1 saturated heterocycles. The van der Waals surface area contributed by atoms with E-state index in [9.17, 15) is 4.79 Å². The molecule has 3 aromatic rings. The van der Waals surface area contributed by atoms with E-state index in [-0.39, 0.29) is 36.4 Å². The SMILES string of the molecule is Cc1[nH]ncc1-c1cc2nc([C@@H]3CCCN3)[nH]c(=O)c2s1.Cl.Cl. The van der Waals surface area contributed by atoms with Crippen molar-refractivity contribution in [2.24, 2.45) is 0 Å². The Morgan fingerprint density at radius 2 is 2.17 bits per heavy atom. The Kier molecular flexibility index (Phi) is 5.46. The van der Waals surface area contributed by atoms with Crippen LogP contribution in [0.5, 0.6) is 0 Å². The van der Waals surface area contributed by atoms with Crippen molar-refractivity contribution < 1.29 is 0 Å². The number of halogens is 2. The van der Waals surface area contributed by atoms with Crippen molar-refractivity contribution in [3.63, 3.8) is 0 Å². The molecule has 0 saturated carbocycles. The smallest absolute Gasteiger partial charge is 0.268 e. The van der Waals surface area contributed by atoms with E-state index in [1.54, 1.807) is 6.20 Å². The summed E-state index contributed by atoms with van der Waals surface area (Å²) in [7, 11) is 0. The lowest BCUT2D eigenvalue weighted by atomic mass is 10.2. The van der Waals surface area contributed by atoms with Crippen LogP contribution in [0.4, 0.5) is 0 Å². The number of hydrogen-bond acceptors (Lipinski definition) is 5. The van der Waals surface area contributed by atoms with E-state index in [2.05, 4.69) is 25.5 Å². The molecule has 1 aliphatic heterocycles. The quantitative estimate of drug-likeness (QED) is 0.644. The first-order valence-electron chi connectivity index (χ1n) is 7.00. The largest absolute Gasteiger partial charge is 0.308 e. The molecule has 124 valence electrons. The van der Waals surface area contributed by atoms with Crippen molar-refractivity contribution in [3.8, 4) is 10.4 Å². The fraction of sp³-hybridized carbons (Fsp3) is 0.357. The van der Waals surface area contributed by atoms with Gasteiger partial charge in [0.05, 0.1) is 17.8 Å². The molecular weight excluding hydrogens is 357 g/mol. The summed E-state index contributed by atoms with van der Waals surface area (Å²) in [6, 6.07) is 2.15. The second kappa shape index (κ2) is 7.00. The van der Waals surface area contributed by atoms with E-state index in [0.717, 1.165) is 46.9 Å². The van der Waals surface area contributed by atoms with Gasteiger partial charge >= 0.3 is 0 Å². The maximum Gasteiger partial charge on any atom is 0.268 e. The van der Waals surface area contributed by atoms with E-state index in [0.29, 0.717) is 4.70 Å². The summed E-state index contributed by atoms with van der Waals surface area (Å²) in [4.78, 5) is 20.9. The van der Waals surface area contributed by atoms with Gasteiger partial charge in [-0.1, -0.05) is 0 Å². The van der Waals surface area contributed by atoms with Gasteiger partial charge in [-0.3, -0.25) is 9.89 Å². The fourth-order valence-electron chi connectivity index (χ4n) is 2.77. The van der Waals surface area contributed by atoms with E-state index in [4.69, 9.17) is 0 Å². The first kappa shape index (κ1) is 17.9. The zero-order valence-electron chi connectivity index (χ0n) is 12.4. The average molecular weight is 374 g/mol. The summed E-state index contributed by atoms with van der Waals surface area (Å²) in [5.74, 6) is 0.748. The zero-order valence-corrected chi connectivity index (χ0v) is 14.8. The van der Waals surface area contributed by atoms with Crippen LogP contribution in [-0.4, -0.2) is 26.7 Å². The summed E-state index contributed by atoms with van der Waals surface area (Å²) in [5.41, 5.74) is 2.73. The number of fused-ring (bicyclic) bond motifs is 1. The molecule has 1 aliphatic rings. The highest BCUT2D eigenvalue weighted by molar-refractivity contribution is 7.22. The average Bonchev–Trinajstić information content (AvgIpc) is 3.17. The van der Waals surface area contributed by atoms with Gasteiger partial charge in [-0.2, -0.15) is 5.10 Å². The second-order valence-electron chi connectivity index (χ2n) is 5.33. The van der Waals surface area contributed by atoms with Crippen LogP contribution < -0.4 is 10.9 Å². The topological polar surface area (TPSA) is 86.5 Å². The van der Waals surface area contributed by atoms with Crippen LogP contribution in [-0.2, 0) is 0 Å². The molecule has 9 heteroatoms. The van der Waals surface area contributed by atoms with Crippen molar-refractivity contribution >= 4 is 46.4 Å². The molecular formula is C14H17Cl2N5OS. The standard InChI is InChI=1S/C14H15N5OS.2ClH/c1-7-8(6-16-19-7)11-5-10-12(21-11)14(20)18-13(17-10)9-3-2-4-15-9;;/h5-6,9,15H,2-4H2,1H3,(H,16,19)(H,17,18,20);2*1H/t9-;;/m0../s1. The predicted octanol–water partition coefficient (Wildman–Crippen LogP) is 2.95. The fourth-order valence-corrected chi connectivity index (χ4v) is 3.83. The van der Waals surface area contributed by atoms with Gasteiger partial charge in [0.15, 0.2) is 0 Å². The number of aromatic nitrogens is 4. The third-order valence-electron chi connectivity index (χ3n) is 3.89. The van der Waals surface area contributed by atoms with Gasteiger partial charge in [0.25, 0.3) is 5.56 Å². The molecule has 0 aliphatic carbocycles. The molecule has 1 atom stereocenters. The molecule has 4 heterocycles. The minimum absolute atomic E-state index is 0. The highest BCUT2D eigenvalue weighted by Gasteiger charge is 2.20. The number of thiophene rings is 1. The van der Waals surface area contributed by atoms with Crippen LogP contribution in [0.15, 0.2) is 17.1 Å². The molecule has 23 heavy (non-hydrogen) atoms. The number of nitrogens with zero attached hydrogens (tertiary/aromatic N) is 2. The van der Waals surface area contributed by atoms with Crippen LogP contribution >= 0.6 is 36.2 Å². The molecule has 0 aromatic carbocycles. The number of rotatable bonds is 2. The van der Waals surface area contributed by atoms with Crippen molar-refractivity contribution in [1.29, 1.82) is 0 Å². The monoisotopic (exact) mass is 373 g/mol. The lowest BCUT2D eigenvalue weighted by Gasteiger charge is -2.08. The summed E-state index contributed by atoms with van der Waals surface area (Å²) >= 11 is 1.46. The Morgan fingerprint density at radius 1 is 1.35 bits per heavy atom. The van der Waals surface area contributed by atoms with Gasteiger partial charge in [-0.25, -0.2) is 4.98 Å². The zero-order chi connectivity index (χ0) is 14.4. The first-order valence-corrected chi connectivity index (χ1v) is 7.81. The maximum atomic E-state index is 12.3. The predicted molar refractivity (Wildman–Crippen MR) is 97.0 cm³/mol. The van der Waals surface area contributed by atoms with E-state index >= 15 is 0 Å². The van der Waals surface area contributed by atoms with Crippen molar-refractivity contribution in [2.45, 2.75) is 25.8 Å². The Labute approximate surface area is 148 Å². The summed E-state index contributed by atoms with van der Waals surface area (Å²) in [6.45, 7) is 2.95. The molecule has 1 fully saturated rings. The van der Waals surface area contributed by atoms with Crippen LogP contribution in [0.2, 0.25) is 0 Å². The Balaban J connectivity index is 0.000000960. The van der Waals surface area contributed by atoms with Crippen LogP contribution in [0.25, 0.3) is 20.7 Å². The second-order valence-corrected chi connectivity index (χ2v) is 6.39. The Morgan fingerprint density at radius 3 is 2.83 bits per heavy atom. The van der Waals surface area contributed by atoms with E-state index < -0.39 is 0 Å². The summed E-state index contributed by atoms with van der Waals surface area (Å²) in [5, 5.41) is 10.3. The van der Waals surface area contributed by atoms with Gasteiger partial charge in [0, 0.05) is 16.1 Å². The summed E-state index contributed by atoms with van der Waals surface area (Å²) in [6.07, 6.45) is 3.93. The third-order valence-corrected chi connectivity index (χ3v) is 5.04. The molecule has 0 bridgehead atoms. The van der Waals surface area contributed by atoms with Crippen molar-refractivity contribution in [2.75, 3.05) is 6.54 Å². The van der Waals surface area contributed by atoms with E-state index in [1.165, 1.54) is 11.3 Å². The number of aryl methyl sites for hydroxylation is 1. The molecule has 0 radical (unpaired) electrons. The molecule has 4 rings (SSSR count). The minimum Gasteiger partial charge on any atom is -0.308 e. The van der Waals surface area contributed by atoms with Crippen LogP contribution in [0, 0.1) is 6.92 Å². The number of aromatic amines is 2. The van der Waals surface area contributed by atoms with Gasteiger partial charge in [0.2, 0.25) is 0 Å². The highest BCUT2D eigenvalue weighted by Crippen LogP contribution is 2.32. The Hall–Kier alpha value is -1.41. The van der Waals surface area contributed by atoms with Gasteiger partial charge < -0.3 is 10.3 Å². The molecule has 3 aromatic heterocycles. The van der Waals surface area contributed by atoms with E-state index in [1.807, 2.05) is 13.0 Å². The number of H-pyrrole nitrogens is 2.